The molecule has 0 aliphatic carbocycles. The van der Waals surface area contributed by atoms with Crippen molar-refractivity contribution in [2.24, 2.45) is 0 Å². The van der Waals surface area contributed by atoms with Gasteiger partial charge in [0.15, 0.2) is 0 Å². The summed E-state index contributed by atoms with van der Waals surface area (Å²) in [5, 5.41) is 0.854. The second-order valence-corrected chi connectivity index (χ2v) is 4.99. The van der Waals surface area contributed by atoms with E-state index in [2.05, 4.69) is 0 Å². The number of imide groups is 2. The smallest absolute Gasteiger partial charge is 0.253 e. The highest BCUT2D eigenvalue weighted by molar-refractivity contribution is 6.12. The molecule has 7 heteroatoms. The standard InChI is InChI=1S/C14H18N2O5/c17-11-5-6-12(18)15(11)9-3-1-2-4-10-21-16-13(19)7-8-14(16)20/h5-6H,1-4,7-10H2. The molecule has 0 aromatic rings. The van der Waals surface area contributed by atoms with Crippen LogP contribution < -0.4 is 0 Å². The molecule has 2 aliphatic heterocycles. The molecule has 0 aromatic carbocycles. The summed E-state index contributed by atoms with van der Waals surface area (Å²) in [6.07, 6.45) is 6.16. The van der Waals surface area contributed by atoms with E-state index < -0.39 is 0 Å². The molecule has 1 saturated heterocycles. The van der Waals surface area contributed by atoms with Crippen molar-refractivity contribution in [1.82, 2.24) is 9.96 Å². The number of nitrogens with zero attached hydrogens (tertiary/aromatic N) is 2. The molecule has 0 N–H and O–H groups in total. The minimum absolute atomic E-state index is 0.227. The van der Waals surface area contributed by atoms with E-state index in [9.17, 15) is 19.2 Å². The van der Waals surface area contributed by atoms with Gasteiger partial charge in [-0.05, 0) is 12.8 Å². The molecule has 114 valence electrons. The second kappa shape index (κ2) is 7.12. The predicted octanol–water partition coefficient (Wildman–Crippen LogP) is 0.552. The molecular weight excluding hydrogens is 276 g/mol. The molecule has 7 nitrogen and oxygen atoms in total. The van der Waals surface area contributed by atoms with Crippen LogP contribution in [0.25, 0.3) is 0 Å². The van der Waals surface area contributed by atoms with Gasteiger partial charge in [0.25, 0.3) is 23.6 Å². The summed E-state index contributed by atoms with van der Waals surface area (Å²) in [5.74, 6) is -1.07. The number of hydrogen-bond donors (Lipinski definition) is 0. The van der Waals surface area contributed by atoms with Crippen molar-refractivity contribution in [3.8, 4) is 0 Å². The number of amides is 4. The lowest BCUT2D eigenvalue weighted by atomic mass is 10.2. The molecule has 0 aromatic heterocycles. The van der Waals surface area contributed by atoms with Crippen LogP contribution in [0.1, 0.15) is 38.5 Å². The van der Waals surface area contributed by atoms with E-state index >= 15 is 0 Å². The highest BCUT2D eigenvalue weighted by atomic mass is 16.7. The fourth-order valence-electron chi connectivity index (χ4n) is 2.23. The van der Waals surface area contributed by atoms with Gasteiger partial charge < -0.3 is 0 Å². The van der Waals surface area contributed by atoms with Crippen LogP contribution >= 0.6 is 0 Å². The van der Waals surface area contributed by atoms with Gasteiger partial charge in [-0.1, -0.05) is 12.8 Å². The number of hydrogen-bond acceptors (Lipinski definition) is 5. The number of unbranched alkanes of at least 4 members (excludes halogenated alkanes) is 3. The first kappa shape index (κ1) is 15.4. The monoisotopic (exact) mass is 294 g/mol. The molecule has 2 rings (SSSR count). The fourth-order valence-corrected chi connectivity index (χ4v) is 2.23. The van der Waals surface area contributed by atoms with Crippen molar-refractivity contribution >= 4 is 23.6 Å². The van der Waals surface area contributed by atoms with E-state index in [0.717, 1.165) is 30.7 Å². The van der Waals surface area contributed by atoms with Crippen LogP contribution in [0.15, 0.2) is 12.2 Å². The minimum atomic E-state index is -0.279. The Labute approximate surface area is 122 Å². The zero-order valence-corrected chi connectivity index (χ0v) is 11.7. The van der Waals surface area contributed by atoms with Crippen LogP contribution in [0, 0.1) is 0 Å². The first-order chi connectivity index (χ1) is 10.1. The molecule has 0 radical (unpaired) electrons. The van der Waals surface area contributed by atoms with Crippen molar-refractivity contribution in [2.45, 2.75) is 38.5 Å². The number of rotatable bonds is 8. The summed E-state index contributed by atoms with van der Waals surface area (Å²) in [4.78, 5) is 51.5. The van der Waals surface area contributed by atoms with Gasteiger partial charge in [-0.15, -0.1) is 0 Å². The Morgan fingerprint density at radius 2 is 1.43 bits per heavy atom. The maximum absolute atomic E-state index is 11.3. The van der Waals surface area contributed by atoms with Gasteiger partial charge >= 0.3 is 0 Å². The molecule has 4 amide bonds. The summed E-state index contributed by atoms with van der Waals surface area (Å²) >= 11 is 0. The lowest BCUT2D eigenvalue weighted by Crippen LogP contribution is -2.30. The van der Waals surface area contributed by atoms with Crippen LogP contribution in [0.5, 0.6) is 0 Å². The summed E-state index contributed by atoms with van der Waals surface area (Å²) < 4.78 is 0. The fraction of sp³-hybridized carbons (Fsp3) is 0.571. The third-order valence-electron chi connectivity index (χ3n) is 3.40. The van der Waals surface area contributed by atoms with Gasteiger partial charge in [0.1, 0.15) is 0 Å². The SMILES string of the molecule is O=C1C=CC(=O)N1CCCCCCON1C(=O)CCC1=O. The maximum atomic E-state index is 11.3. The van der Waals surface area contributed by atoms with E-state index in [1.807, 2.05) is 0 Å². The molecular formula is C14H18N2O5. The first-order valence-electron chi connectivity index (χ1n) is 7.12. The van der Waals surface area contributed by atoms with E-state index in [4.69, 9.17) is 4.84 Å². The average molecular weight is 294 g/mol. The Balaban J connectivity index is 1.51. The second-order valence-electron chi connectivity index (χ2n) is 4.99. The molecule has 0 saturated carbocycles. The van der Waals surface area contributed by atoms with Crippen LogP contribution in [-0.4, -0.2) is 46.7 Å². The largest absolute Gasteiger partial charge is 0.275 e. The minimum Gasteiger partial charge on any atom is -0.275 e. The average Bonchev–Trinajstić information content (AvgIpc) is 2.94. The summed E-state index contributed by atoms with van der Waals surface area (Å²) in [7, 11) is 0. The van der Waals surface area contributed by atoms with Gasteiger partial charge in [0.05, 0.1) is 6.61 Å². The van der Waals surface area contributed by atoms with Crippen molar-refractivity contribution < 1.29 is 24.0 Å². The van der Waals surface area contributed by atoms with Gasteiger partial charge in [-0.2, -0.15) is 5.06 Å². The predicted molar refractivity (Wildman–Crippen MR) is 71.4 cm³/mol. The lowest BCUT2D eigenvalue weighted by molar-refractivity contribution is -0.187. The van der Waals surface area contributed by atoms with Gasteiger partial charge in [0.2, 0.25) is 0 Å². The molecule has 21 heavy (non-hydrogen) atoms. The Kier molecular flexibility index (Phi) is 5.21. The van der Waals surface area contributed by atoms with Crippen LogP contribution in [0.2, 0.25) is 0 Å². The Morgan fingerprint density at radius 1 is 0.857 bits per heavy atom. The zero-order chi connectivity index (χ0) is 15.2. The third-order valence-corrected chi connectivity index (χ3v) is 3.40. The topological polar surface area (TPSA) is 84.0 Å². The van der Waals surface area contributed by atoms with Gasteiger partial charge in [-0.25, -0.2) is 0 Å². The maximum Gasteiger partial charge on any atom is 0.253 e. The summed E-state index contributed by atoms with van der Waals surface area (Å²) in [6, 6.07) is 0. The highest BCUT2D eigenvalue weighted by Crippen LogP contribution is 2.13. The quantitative estimate of drug-likeness (QED) is 0.482. The Bertz CT molecular complexity index is 446. The molecule has 0 unspecified atom stereocenters. The number of hydroxylamine groups is 2. The van der Waals surface area contributed by atoms with Gasteiger partial charge in [0, 0.05) is 31.5 Å². The Morgan fingerprint density at radius 3 is 2.05 bits per heavy atom. The zero-order valence-electron chi connectivity index (χ0n) is 11.7. The van der Waals surface area contributed by atoms with E-state index in [1.165, 1.54) is 17.1 Å². The molecule has 0 atom stereocenters. The van der Waals surface area contributed by atoms with Crippen LogP contribution in [-0.2, 0) is 24.0 Å². The van der Waals surface area contributed by atoms with E-state index in [-0.39, 0.29) is 36.5 Å². The van der Waals surface area contributed by atoms with E-state index in [0.29, 0.717) is 13.2 Å². The number of carbonyl (C=O) groups excluding carboxylic acids is 4. The Hall–Kier alpha value is -2.02. The molecule has 1 fully saturated rings. The first-order valence-corrected chi connectivity index (χ1v) is 7.12. The van der Waals surface area contributed by atoms with Crippen LogP contribution in [0.4, 0.5) is 0 Å². The van der Waals surface area contributed by atoms with Crippen molar-refractivity contribution in [2.75, 3.05) is 13.2 Å². The van der Waals surface area contributed by atoms with Crippen LogP contribution in [0.3, 0.4) is 0 Å². The highest BCUT2D eigenvalue weighted by Gasteiger charge is 2.29. The summed E-state index contributed by atoms with van der Waals surface area (Å²) in [5.41, 5.74) is 0. The molecule has 0 bridgehead atoms. The summed E-state index contributed by atoms with van der Waals surface area (Å²) in [6.45, 7) is 0.745. The molecule has 2 heterocycles. The van der Waals surface area contributed by atoms with E-state index in [1.54, 1.807) is 0 Å². The third kappa shape index (κ3) is 3.98. The number of carbonyl (C=O) groups is 4. The van der Waals surface area contributed by atoms with Crippen molar-refractivity contribution in [3.63, 3.8) is 0 Å². The van der Waals surface area contributed by atoms with Crippen molar-refractivity contribution in [1.29, 1.82) is 0 Å². The normalized spacial score (nSPS) is 18.5. The van der Waals surface area contributed by atoms with Gasteiger partial charge in [-0.3, -0.25) is 28.9 Å². The molecule has 0 spiro atoms. The van der Waals surface area contributed by atoms with Crippen molar-refractivity contribution in [3.05, 3.63) is 12.2 Å². The molecule has 2 aliphatic rings. The lowest BCUT2D eigenvalue weighted by Gasteiger charge is -2.14.